The second-order valence-corrected chi connectivity index (χ2v) is 3.57. The van der Waals surface area contributed by atoms with Crippen molar-refractivity contribution in [1.82, 2.24) is 9.55 Å². The molecule has 3 N–H and O–H groups in total. The molecular weight excluding hydrogens is 228 g/mol. The third-order valence-corrected chi connectivity index (χ3v) is 2.41. The predicted molar refractivity (Wildman–Crippen MR) is 57.5 cm³/mol. The number of hydrogen-bond acceptors (Lipinski definition) is 3. The zero-order chi connectivity index (χ0) is 12.4. The maximum atomic E-state index is 13.6. The van der Waals surface area contributed by atoms with Crippen LogP contribution in [0, 0.1) is 11.6 Å². The first-order valence-electron chi connectivity index (χ1n) is 4.97. The van der Waals surface area contributed by atoms with E-state index >= 15 is 0 Å². The number of hydrogen-bond donors (Lipinski definition) is 2. The van der Waals surface area contributed by atoms with Gasteiger partial charge >= 0.3 is 0 Å². The third-order valence-electron chi connectivity index (χ3n) is 2.41. The molecule has 17 heavy (non-hydrogen) atoms. The molecule has 0 saturated carbocycles. The summed E-state index contributed by atoms with van der Waals surface area (Å²) in [5.74, 6) is -1.14. The van der Waals surface area contributed by atoms with Gasteiger partial charge < -0.3 is 10.8 Å². The van der Waals surface area contributed by atoms with Crippen LogP contribution < -0.4 is 5.73 Å². The Bertz CT molecular complexity index is 527. The van der Waals surface area contributed by atoms with Crippen molar-refractivity contribution >= 4 is 0 Å². The molecular formula is C11H11F2N3O. The van der Waals surface area contributed by atoms with E-state index in [1.807, 2.05) is 0 Å². The van der Waals surface area contributed by atoms with Gasteiger partial charge in [-0.25, -0.2) is 13.8 Å². The van der Waals surface area contributed by atoms with Crippen molar-refractivity contribution in [3.8, 4) is 5.69 Å². The fourth-order valence-corrected chi connectivity index (χ4v) is 1.54. The van der Waals surface area contributed by atoms with Crippen LogP contribution in [0.3, 0.4) is 0 Å². The van der Waals surface area contributed by atoms with Crippen molar-refractivity contribution in [2.75, 3.05) is 6.61 Å². The van der Waals surface area contributed by atoms with E-state index in [1.54, 1.807) is 0 Å². The summed E-state index contributed by atoms with van der Waals surface area (Å²) in [7, 11) is 0. The van der Waals surface area contributed by atoms with Crippen LogP contribution in [-0.4, -0.2) is 21.3 Å². The van der Waals surface area contributed by atoms with Gasteiger partial charge in [0.05, 0.1) is 36.6 Å². The topological polar surface area (TPSA) is 64.1 Å². The van der Waals surface area contributed by atoms with Gasteiger partial charge in [-0.3, -0.25) is 4.57 Å². The highest BCUT2D eigenvalue weighted by molar-refractivity contribution is 5.36. The Balaban J connectivity index is 2.53. The molecule has 1 aromatic carbocycles. The molecule has 1 unspecified atom stereocenters. The summed E-state index contributed by atoms with van der Waals surface area (Å²) in [6, 6.07) is 2.41. The Morgan fingerprint density at radius 3 is 2.88 bits per heavy atom. The van der Waals surface area contributed by atoms with E-state index in [-0.39, 0.29) is 12.3 Å². The number of nitrogens with zero attached hydrogens (tertiary/aromatic N) is 2. The van der Waals surface area contributed by atoms with Crippen molar-refractivity contribution in [2.45, 2.75) is 6.04 Å². The van der Waals surface area contributed by atoms with Gasteiger partial charge in [0.15, 0.2) is 0 Å². The summed E-state index contributed by atoms with van der Waals surface area (Å²) < 4.78 is 28.0. The maximum absolute atomic E-state index is 13.6. The Labute approximate surface area is 96.3 Å². The van der Waals surface area contributed by atoms with Crippen LogP contribution in [0.5, 0.6) is 0 Å². The van der Waals surface area contributed by atoms with Gasteiger partial charge in [-0.2, -0.15) is 0 Å². The van der Waals surface area contributed by atoms with E-state index in [4.69, 9.17) is 10.8 Å². The molecule has 2 rings (SSSR count). The average Bonchev–Trinajstić information content (AvgIpc) is 2.80. The van der Waals surface area contributed by atoms with Crippen molar-refractivity contribution in [2.24, 2.45) is 5.73 Å². The molecule has 0 spiro atoms. The zero-order valence-electron chi connectivity index (χ0n) is 8.85. The molecule has 0 aliphatic carbocycles. The monoisotopic (exact) mass is 239 g/mol. The molecule has 0 aliphatic heterocycles. The largest absolute Gasteiger partial charge is 0.394 e. The maximum Gasteiger partial charge on any atom is 0.147 e. The number of rotatable bonds is 3. The number of halogens is 2. The van der Waals surface area contributed by atoms with Gasteiger partial charge in [0.25, 0.3) is 0 Å². The van der Waals surface area contributed by atoms with Crippen molar-refractivity contribution in [3.05, 3.63) is 48.1 Å². The minimum absolute atomic E-state index is 0.0152. The molecule has 2 aromatic rings. The molecule has 90 valence electrons. The average molecular weight is 239 g/mol. The van der Waals surface area contributed by atoms with Gasteiger partial charge in [-0.05, 0) is 12.1 Å². The summed E-state index contributed by atoms with van der Waals surface area (Å²) in [5, 5.41) is 8.97. The summed E-state index contributed by atoms with van der Waals surface area (Å²) in [5.41, 5.74) is 6.07. The lowest BCUT2D eigenvalue weighted by atomic mass is 10.2. The van der Waals surface area contributed by atoms with Crippen LogP contribution in [0.25, 0.3) is 5.69 Å². The lowest BCUT2D eigenvalue weighted by Crippen LogP contribution is -2.18. The number of aliphatic hydroxyl groups excluding tert-OH is 1. The number of aliphatic hydroxyl groups is 1. The highest BCUT2D eigenvalue weighted by Crippen LogP contribution is 2.19. The van der Waals surface area contributed by atoms with Gasteiger partial charge in [0, 0.05) is 6.07 Å². The number of imidazole rings is 1. The van der Waals surface area contributed by atoms with Gasteiger partial charge in [0.2, 0.25) is 0 Å². The van der Waals surface area contributed by atoms with E-state index in [9.17, 15) is 8.78 Å². The van der Waals surface area contributed by atoms with Crippen LogP contribution in [0.4, 0.5) is 8.78 Å². The quantitative estimate of drug-likeness (QED) is 0.844. The molecule has 0 amide bonds. The molecule has 0 aliphatic rings. The molecule has 1 heterocycles. The molecule has 6 heteroatoms. The van der Waals surface area contributed by atoms with Crippen LogP contribution in [0.1, 0.15) is 11.7 Å². The Morgan fingerprint density at radius 2 is 2.18 bits per heavy atom. The lowest BCUT2D eigenvalue weighted by molar-refractivity contribution is 0.265. The molecule has 0 radical (unpaired) electrons. The first-order chi connectivity index (χ1) is 8.13. The standard InChI is InChI=1S/C11H11F2N3O/c12-7-1-2-8(13)10(3-7)16-6-15-4-11(16)9(14)5-17/h1-4,6,9,17H,5,14H2. The smallest absolute Gasteiger partial charge is 0.147 e. The van der Waals surface area contributed by atoms with Crippen LogP contribution in [0.15, 0.2) is 30.7 Å². The number of nitrogens with two attached hydrogens (primary N) is 1. The summed E-state index contributed by atoms with van der Waals surface area (Å²) in [6.45, 7) is -0.303. The Hall–Kier alpha value is -1.79. The second kappa shape index (κ2) is 4.60. The molecule has 0 bridgehead atoms. The van der Waals surface area contributed by atoms with E-state index < -0.39 is 17.7 Å². The molecule has 1 atom stereocenters. The van der Waals surface area contributed by atoms with Crippen LogP contribution in [-0.2, 0) is 0 Å². The first-order valence-corrected chi connectivity index (χ1v) is 4.97. The summed E-state index contributed by atoms with van der Waals surface area (Å²) in [4.78, 5) is 3.82. The minimum atomic E-state index is -0.694. The lowest BCUT2D eigenvalue weighted by Gasteiger charge is -2.13. The normalized spacial score (nSPS) is 12.7. The molecule has 0 saturated heterocycles. The molecule has 1 aromatic heterocycles. The van der Waals surface area contributed by atoms with Gasteiger partial charge in [0.1, 0.15) is 11.6 Å². The first kappa shape index (κ1) is 11.7. The van der Waals surface area contributed by atoms with Crippen molar-refractivity contribution in [3.63, 3.8) is 0 Å². The number of aromatic nitrogens is 2. The highest BCUT2D eigenvalue weighted by atomic mass is 19.1. The fraction of sp³-hybridized carbons (Fsp3) is 0.182. The second-order valence-electron chi connectivity index (χ2n) is 3.57. The van der Waals surface area contributed by atoms with Crippen LogP contribution in [0.2, 0.25) is 0 Å². The van der Waals surface area contributed by atoms with Crippen LogP contribution >= 0.6 is 0 Å². The predicted octanol–water partition coefficient (Wildman–Crippen LogP) is 1.14. The molecule has 0 fully saturated rings. The van der Waals surface area contributed by atoms with Gasteiger partial charge in [-0.15, -0.1) is 0 Å². The minimum Gasteiger partial charge on any atom is -0.394 e. The van der Waals surface area contributed by atoms with E-state index in [0.29, 0.717) is 5.69 Å². The molecule has 4 nitrogen and oxygen atoms in total. The Kier molecular flexibility index (Phi) is 3.16. The van der Waals surface area contributed by atoms with E-state index in [1.165, 1.54) is 17.1 Å². The summed E-state index contributed by atoms with van der Waals surface area (Å²) >= 11 is 0. The summed E-state index contributed by atoms with van der Waals surface area (Å²) in [6.07, 6.45) is 2.73. The third kappa shape index (κ3) is 2.17. The Morgan fingerprint density at radius 1 is 1.41 bits per heavy atom. The van der Waals surface area contributed by atoms with E-state index in [0.717, 1.165) is 18.2 Å². The highest BCUT2D eigenvalue weighted by Gasteiger charge is 2.14. The van der Waals surface area contributed by atoms with E-state index in [2.05, 4.69) is 4.98 Å². The zero-order valence-corrected chi connectivity index (χ0v) is 8.85. The van der Waals surface area contributed by atoms with Crippen molar-refractivity contribution < 1.29 is 13.9 Å². The van der Waals surface area contributed by atoms with Gasteiger partial charge in [-0.1, -0.05) is 0 Å². The van der Waals surface area contributed by atoms with Crippen molar-refractivity contribution in [1.29, 1.82) is 0 Å². The number of benzene rings is 1. The fourth-order valence-electron chi connectivity index (χ4n) is 1.54. The SMILES string of the molecule is NC(CO)c1cncn1-c1cc(F)ccc1F.